The van der Waals surface area contributed by atoms with Gasteiger partial charge >= 0.3 is 16.3 Å². The summed E-state index contributed by atoms with van der Waals surface area (Å²) < 4.78 is 31.3. The lowest BCUT2D eigenvalue weighted by Gasteiger charge is -2.09. The number of methoxy groups -OCH3 is 1. The second-order valence-electron chi connectivity index (χ2n) is 3.52. The van der Waals surface area contributed by atoms with Gasteiger partial charge in [-0.05, 0) is 12.1 Å². The Balaban J connectivity index is 2.93. The second-order valence-corrected chi connectivity index (χ2v) is 4.94. The molecular formula is C12H14N2O5S. The average Bonchev–Trinajstić information content (AvgIpc) is 2.40. The molecule has 0 aromatic heterocycles. The normalized spacial score (nSPS) is 10.1. The molecule has 0 heterocycles. The number of para-hydroxylation sites is 1. The predicted molar refractivity (Wildman–Crippen MR) is 73.1 cm³/mol. The highest BCUT2D eigenvalue weighted by Gasteiger charge is 2.15. The second kappa shape index (κ2) is 7.37. The van der Waals surface area contributed by atoms with Crippen LogP contribution in [-0.2, 0) is 14.9 Å². The molecule has 1 aromatic carbocycles. The fourth-order valence-corrected chi connectivity index (χ4v) is 2.04. The molecule has 0 aliphatic heterocycles. The molecule has 0 spiro atoms. The fraction of sp³-hybridized carbons (Fsp3) is 0.250. The van der Waals surface area contributed by atoms with Crippen molar-refractivity contribution in [2.75, 3.05) is 18.4 Å². The fourth-order valence-electron chi connectivity index (χ4n) is 1.22. The molecule has 0 radical (unpaired) electrons. The third kappa shape index (κ3) is 5.17. The summed E-state index contributed by atoms with van der Waals surface area (Å²) >= 11 is 0. The van der Waals surface area contributed by atoms with Gasteiger partial charge in [0, 0.05) is 12.0 Å². The molecule has 1 aromatic rings. The molecule has 20 heavy (non-hydrogen) atoms. The summed E-state index contributed by atoms with van der Waals surface area (Å²) in [6, 6.07) is 6.42. The molecule has 8 heteroatoms. The lowest BCUT2D eigenvalue weighted by molar-refractivity contribution is 0.177. The van der Waals surface area contributed by atoms with Crippen LogP contribution < -0.4 is 9.44 Å². The number of rotatable bonds is 4. The van der Waals surface area contributed by atoms with Crippen LogP contribution in [0.5, 0.6) is 0 Å². The summed E-state index contributed by atoms with van der Waals surface area (Å²) in [4.78, 5) is 10.9. The number of aliphatic hydroxyl groups is 1. The van der Waals surface area contributed by atoms with Gasteiger partial charge in [-0.3, -0.25) is 4.72 Å². The van der Waals surface area contributed by atoms with Gasteiger partial charge in [-0.2, -0.15) is 8.42 Å². The Kier molecular flexibility index (Phi) is 5.83. The van der Waals surface area contributed by atoms with E-state index in [4.69, 9.17) is 5.11 Å². The van der Waals surface area contributed by atoms with Gasteiger partial charge in [0.05, 0.1) is 19.4 Å². The molecule has 0 bridgehead atoms. The first-order valence-electron chi connectivity index (χ1n) is 5.56. The summed E-state index contributed by atoms with van der Waals surface area (Å²) in [6.45, 7) is -0.0786. The Bertz CT molecular complexity index is 631. The van der Waals surface area contributed by atoms with Gasteiger partial charge in [-0.1, -0.05) is 24.0 Å². The molecule has 0 saturated carbocycles. The van der Waals surface area contributed by atoms with Crippen molar-refractivity contribution in [1.29, 1.82) is 0 Å². The van der Waals surface area contributed by atoms with E-state index in [1.165, 1.54) is 6.07 Å². The minimum atomic E-state index is -4.09. The van der Waals surface area contributed by atoms with E-state index in [0.717, 1.165) is 7.11 Å². The molecule has 0 saturated heterocycles. The third-order valence-corrected chi connectivity index (χ3v) is 2.96. The van der Waals surface area contributed by atoms with E-state index in [0.29, 0.717) is 5.56 Å². The van der Waals surface area contributed by atoms with E-state index in [-0.39, 0.29) is 18.7 Å². The SMILES string of the molecule is COC(=O)NS(=O)(=O)Nc1ccccc1C#CCCO. The number of anilines is 1. The maximum Gasteiger partial charge on any atom is 0.422 e. The van der Waals surface area contributed by atoms with Gasteiger partial charge in [0.2, 0.25) is 0 Å². The maximum atomic E-state index is 11.6. The number of hydrogen-bond donors (Lipinski definition) is 3. The summed E-state index contributed by atoms with van der Waals surface area (Å²) in [5.74, 6) is 5.41. The Morgan fingerprint density at radius 1 is 1.40 bits per heavy atom. The molecule has 0 fully saturated rings. The average molecular weight is 298 g/mol. The number of hydrogen-bond acceptors (Lipinski definition) is 5. The molecule has 0 atom stereocenters. The molecule has 7 nitrogen and oxygen atoms in total. The van der Waals surface area contributed by atoms with Crippen molar-refractivity contribution < 1.29 is 23.1 Å². The van der Waals surface area contributed by atoms with Crippen molar-refractivity contribution in [2.24, 2.45) is 0 Å². The molecule has 0 unspecified atom stereocenters. The van der Waals surface area contributed by atoms with E-state index in [1.54, 1.807) is 22.9 Å². The number of aliphatic hydroxyl groups excluding tert-OH is 1. The maximum absolute atomic E-state index is 11.6. The van der Waals surface area contributed by atoms with Crippen LogP contribution in [0.2, 0.25) is 0 Å². The lowest BCUT2D eigenvalue weighted by atomic mass is 10.2. The van der Waals surface area contributed by atoms with Crippen molar-refractivity contribution in [2.45, 2.75) is 6.42 Å². The highest BCUT2D eigenvalue weighted by molar-refractivity contribution is 7.91. The number of ether oxygens (including phenoxy) is 1. The van der Waals surface area contributed by atoms with Crippen LogP contribution in [0.15, 0.2) is 24.3 Å². The Hall–Kier alpha value is -2.24. The quantitative estimate of drug-likeness (QED) is 0.699. The molecule has 3 N–H and O–H groups in total. The van der Waals surface area contributed by atoms with Crippen molar-refractivity contribution >= 4 is 22.0 Å². The summed E-state index contributed by atoms with van der Waals surface area (Å²) in [7, 11) is -3.04. The van der Waals surface area contributed by atoms with E-state index in [1.807, 2.05) is 0 Å². The minimum Gasteiger partial charge on any atom is -0.452 e. The number of benzene rings is 1. The first-order chi connectivity index (χ1) is 9.48. The first-order valence-corrected chi connectivity index (χ1v) is 7.04. The molecule has 108 valence electrons. The van der Waals surface area contributed by atoms with Crippen molar-refractivity contribution in [3.63, 3.8) is 0 Å². The number of carbonyl (C=O) groups excluding carboxylic acids is 1. The number of nitrogens with one attached hydrogen (secondary N) is 2. The van der Waals surface area contributed by atoms with E-state index in [9.17, 15) is 13.2 Å². The molecule has 0 aliphatic carbocycles. The van der Waals surface area contributed by atoms with Gasteiger partial charge in [0.25, 0.3) is 0 Å². The van der Waals surface area contributed by atoms with Crippen molar-refractivity contribution in [1.82, 2.24) is 4.72 Å². The predicted octanol–water partition coefficient (Wildman–Crippen LogP) is 0.433. The van der Waals surface area contributed by atoms with E-state index in [2.05, 4.69) is 21.3 Å². The molecule has 0 aliphatic rings. The van der Waals surface area contributed by atoms with E-state index >= 15 is 0 Å². The standard InChI is InChI=1S/C12H14N2O5S/c1-19-12(16)14-20(17,18)13-11-8-3-2-6-10(11)7-4-5-9-15/h2-3,6,8,13,15H,5,9H2,1H3,(H,14,16). The zero-order valence-electron chi connectivity index (χ0n) is 10.7. The molecule has 1 amide bonds. The summed E-state index contributed by atoms with van der Waals surface area (Å²) in [5.41, 5.74) is 0.644. The van der Waals surface area contributed by atoms with Crippen LogP contribution in [-0.4, -0.2) is 33.3 Å². The van der Waals surface area contributed by atoms with Gasteiger partial charge < -0.3 is 9.84 Å². The third-order valence-electron chi connectivity index (χ3n) is 2.03. The molecular weight excluding hydrogens is 284 g/mol. The van der Waals surface area contributed by atoms with Crippen LogP contribution in [0.1, 0.15) is 12.0 Å². The van der Waals surface area contributed by atoms with Crippen LogP contribution in [0, 0.1) is 11.8 Å². The van der Waals surface area contributed by atoms with E-state index < -0.39 is 16.3 Å². The Labute approximate surface area is 117 Å². The zero-order valence-corrected chi connectivity index (χ0v) is 11.5. The lowest BCUT2D eigenvalue weighted by Crippen LogP contribution is -2.35. The largest absolute Gasteiger partial charge is 0.452 e. The topological polar surface area (TPSA) is 105 Å². The van der Waals surface area contributed by atoms with Crippen LogP contribution in [0.3, 0.4) is 0 Å². The monoisotopic (exact) mass is 298 g/mol. The summed E-state index contributed by atoms with van der Waals surface area (Å²) in [6.07, 6.45) is -0.817. The highest BCUT2D eigenvalue weighted by atomic mass is 32.2. The van der Waals surface area contributed by atoms with Gasteiger partial charge in [-0.25, -0.2) is 9.52 Å². The number of amides is 1. The van der Waals surface area contributed by atoms with Crippen molar-refractivity contribution in [3.05, 3.63) is 29.8 Å². The minimum absolute atomic E-state index is 0.0786. The Morgan fingerprint density at radius 3 is 2.75 bits per heavy atom. The van der Waals surface area contributed by atoms with Crippen molar-refractivity contribution in [3.8, 4) is 11.8 Å². The van der Waals surface area contributed by atoms with Crippen LogP contribution in [0.4, 0.5) is 10.5 Å². The van der Waals surface area contributed by atoms with Gasteiger partial charge in [0.15, 0.2) is 0 Å². The van der Waals surface area contributed by atoms with Crippen LogP contribution >= 0.6 is 0 Å². The zero-order chi connectivity index (χ0) is 15.0. The number of carbonyl (C=O) groups is 1. The smallest absolute Gasteiger partial charge is 0.422 e. The van der Waals surface area contributed by atoms with Gasteiger partial charge in [0.1, 0.15) is 0 Å². The van der Waals surface area contributed by atoms with Crippen LogP contribution in [0.25, 0.3) is 0 Å². The highest BCUT2D eigenvalue weighted by Crippen LogP contribution is 2.14. The molecule has 1 rings (SSSR count). The van der Waals surface area contributed by atoms with Gasteiger partial charge in [-0.15, -0.1) is 0 Å². The first kappa shape index (κ1) is 15.8. The Morgan fingerprint density at radius 2 is 2.10 bits per heavy atom. The summed E-state index contributed by atoms with van der Waals surface area (Å²) in [5, 5.41) is 8.65.